The van der Waals surface area contributed by atoms with Crippen molar-refractivity contribution in [1.82, 2.24) is 0 Å². The second-order valence-electron chi connectivity index (χ2n) is 3.73. The summed E-state index contributed by atoms with van der Waals surface area (Å²) in [6, 6.07) is 7.17. The van der Waals surface area contributed by atoms with E-state index in [2.05, 4.69) is 12.1 Å². The molecule has 1 rings (SSSR count). The Morgan fingerprint density at radius 2 is 2.06 bits per heavy atom. The summed E-state index contributed by atoms with van der Waals surface area (Å²) < 4.78 is 5.68. The average molecular weight is 222 g/mol. The van der Waals surface area contributed by atoms with Crippen LogP contribution in [0.2, 0.25) is 0 Å². The van der Waals surface area contributed by atoms with Crippen molar-refractivity contribution in [3.63, 3.8) is 0 Å². The van der Waals surface area contributed by atoms with Crippen molar-refractivity contribution in [2.75, 3.05) is 0 Å². The number of amidine groups is 1. The van der Waals surface area contributed by atoms with E-state index in [1.807, 2.05) is 19.1 Å². The summed E-state index contributed by atoms with van der Waals surface area (Å²) in [6.45, 7) is 4.17. The number of nitrogens with zero attached hydrogens (tertiary/aromatic N) is 1. The zero-order chi connectivity index (χ0) is 12.0. The van der Waals surface area contributed by atoms with Crippen LogP contribution >= 0.6 is 0 Å². The van der Waals surface area contributed by atoms with Crippen LogP contribution in [0.3, 0.4) is 0 Å². The maximum Gasteiger partial charge on any atom is 0.170 e. The van der Waals surface area contributed by atoms with Gasteiger partial charge >= 0.3 is 0 Å². The van der Waals surface area contributed by atoms with Gasteiger partial charge < -0.3 is 15.7 Å². The molecule has 0 aliphatic heterocycles. The van der Waals surface area contributed by atoms with E-state index in [9.17, 15) is 0 Å². The number of benzene rings is 1. The Morgan fingerprint density at radius 3 is 2.56 bits per heavy atom. The molecule has 0 amide bonds. The number of oxime groups is 1. The SMILES string of the molecule is CCCC(C)Oc1ccc(/C(N)=N/O)cc1. The molecule has 16 heavy (non-hydrogen) atoms. The lowest BCUT2D eigenvalue weighted by atomic mass is 10.2. The van der Waals surface area contributed by atoms with E-state index >= 15 is 0 Å². The molecule has 0 radical (unpaired) electrons. The van der Waals surface area contributed by atoms with Gasteiger partial charge in [-0.2, -0.15) is 0 Å². The van der Waals surface area contributed by atoms with Crippen LogP contribution in [-0.4, -0.2) is 17.1 Å². The zero-order valence-corrected chi connectivity index (χ0v) is 9.68. The molecule has 88 valence electrons. The van der Waals surface area contributed by atoms with Crippen LogP contribution in [0.15, 0.2) is 29.4 Å². The first-order valence-corrected chi connectivity index (χ1v) is 5.42. The Hall–Kier alpha value is -1.71. The smallest absolute Gasteiger partial charge is 0.170 e. The topological polar surface area (TPSA) is 67.8 Å². The van der Waals surface area contributed by atoms with Gasteiger partial charge in [-0.25, -0.2) is 0 Å². The summed E-state index contributed by atoms with van der Waals surface area (Å²) in [6.07, 6.45) is 2.34. The summed E-state index contributed by atoms with van der Waals surface area (Å²) in [5.74, 6) is 0.906. The third-order valence-corrected chi connectivity index (χ3v) is 2.29. The van der Waals surface area contributed by atoms with E-state index in [1.165, 1.54) is 0 Å². The highest BCUT2D eigenvalue weighted by Gasteiger charge is 2.03. The van der Waals surface area contributed by atoms with Crippen LogP contribution in [0.4, 0.5) is 0 Å². The fraction of sp³-hybridized carbons (Fsp3) is 0.417. The molecule has 4 heteroatoms. The molecule has 0 aliphatic rings. The molecule has 1 aromatic rings. The van der Waals surface area contributed by atoms with Crippen molar-refractivity contribution >= 4 is 5.84 Å². The molecule has 1 atom stereocenters. The van der Waals surface area contributed by atoms with Gasteiger partial charge in [-0.1, -0.05) is 18.5 Å². The predicted molar refractivity (Wildman–Crippen MR) is 64.0 cm³/mol. The Morgan fingerprint density at radius 1 is 1.44 bits per heavy atom. The molecule has 0 spiro atoms. The molecule has 0 aliphatic carbocycles. The van der Waals surface area contributed by atoms with Gasteiger partial charge in [0.1, 0.15) is 5.75 Å². The van der Waals surface area contributed by atoms with Crippen molar-refractivity contribution in [2.45, 2.75) is 32.8 Å². The predicted octanol–water partition coefficient (Wildman–Crippen LogP) is 2.35. The first kappa shape index (κ1) is 12.4. The number of rotatable bonds is 5. The lowest BCUT2D eigenvalue weighted by Gasteiger charge is -2.13. The minimum Gasteiger partial charge on any atom is -0.491 e. The van der Waals surface area contributed by atoms with Gasteiger partial charge in [0.25, 0.3) is 0 Å². The molecule has 0 heterocycles. The monoisotopic (exact) mass is 222 g/mol. The van der Waals surface area contributed by atoms with Crippen molar-refractivity contribution in [3.8, 4) is 5.75 Å². The maximum absolute atomic E-state index is 8.50. The van der Waals surface area contributed by atoms with E-state index < -0.39 is 0 Å². The molecule has 3 N–H and O–H groups in total. The summed E-state index contributed by atoms with van der Waals surface area (Å²) in [5.41, 5.74) is 6.13. The van der Waals surface area contributed by atoms with Crippen LogP contribution in [0.1, 0.15) is 32.3 Å². The van der Waals surface area contributed by atoms with Gasteiger partial charge in [-0.3, -0.25) is 0 Å². The fourth-order valence-electron chi connectivity index (χ4n) is 1.46. The first-order valence-electron chi connectivity index (χ1n) is 5.42. The Balaban J connectivity index is 2.64. The molecular formula is C12H18N2O2. The minimum atomic E-state index is 0.105. The second-order valence-corrected chi connectivity index (χ2v) is 3.73. The summed E-state index contributed by atoms with van der Waals surface area (Å²) in [7, 11) is 0. The number of hydrogen-bond acceptors (Lipinski definition) is 3. The molecular weight excluding hydrogens is 204 g/mol. The highest BCUT2D eigenvalue weighted by atomic mass is 16.5. The summed E-state index contributed by atoms with van der Waals surface area (Å²) in [4.78, 5) is 0. The van der Waals surface area contributed by atoms with E-state index in [1.54, 1.807) is 12.1 Å². The molecule has 0 saturated heterocycles. The standard InChI is InChI=1S/C12H18N2O2/c1-3-4-9(2)16-11-7-5-10(6-8-11)12(13)14-15/h5-9,15H,3-4H2,1-2H3,(H2,13,14). The molecule has 0 saturated carbocycles. The molecule has 4 nitrogen and oxygen atoms in total. The number of ether oxygens (including phenoxy) is 1. The van der Waals surface area contributed by atoms with E-state index in [-0.39, 0.29) is 11.9 Å². The number of nitrogens with two attached hydrogens (primary N) is 1. The van der Waals surface area contributed by atoms with Crippen molar-refractivity contribution < 1.29 is 9.94 Å². The molecule has 1 unspecified atom stereocenters. The van der Waals surface area contributed by atoms with Crippen molar-refractivity contribution in [2.24, 2.45) is 10.9 Å². The van der Waals surface area contributed by atoms with Gasteiger partial charge in [0.15, 0.2) is 5.84 Å². The van der Waals surface area contributed by atoms with Crippen molar-refractivity contribution in [3.05, 3.63) is 29.8 Å². The first-order chi connectivity index (χ1) is 7.67. The van der Waals surface area contributed by atoms with E-state index in [0.717, 1.165) is 18.6 Å². The van der Waals surface area contributed by atoms with Crippen LogP contribution < -0.4 is 10.5 Å². The van der Waals surface area contributed by atoms with Gasteiger partial charge in [0.05, 0.1) is 6.10 Å². The van der Waals surface area contributed by atoms with Crippen LogP contribution in [-0.2, 0) is 0 Å². The quantitative estimate of drug-likeness (QED) is 0.348. The Kier molecular flexibility index (Phi) is 4.64. The van der Waals surface area contributed by atoms with Crippen LogP contribution in [0.5, 0.6) is 5.75 Å². The lowest BCUT2D eigenvalue weighted by Crippen LogP contribution is -2.13. The lowest BCUT2D eigenvalue weighted by molar-refractivity contribution is 0.210. The largest absolute Gasteiger partial charge is 0.491 e. The third-order valence-electron chi connectivity index (χ3n) is 2.29. The van der Waals surface area contributed by atoms with Gasteiger partial charge in [0, 0.05) is 5.56 Å². The highest BCUT2D eigenvalue weighted by Crippen LogP contribution is 2.15. The normalized spacial score (nSPS) is 13.5. The summed E-state index contributed by atoms with van der Waals surface area (Å²) >= 11 is 0. The fourth-order valence-corrected chi connectivity index (χ4v) is 1.46. The second kappa shape index (κ2) is 6.00. The van der Waals surface area contributed by atoms with Gasteiger partial charge in [-0.05, 0) is 37.6 Å². The van der Waals surface area contributed by atoms with Gasteiger partial charge in [-0.15, -0.1) is 0 Å². The van der Waals surface area contributed by atoms with E-state index in [4.69, 9.17) is 15.7 Å². The van der Waals surface area contributed by atoms with E-state index in [0.29, 0.717) is 5.56 Å². The molecule has 0 bridgehead atoms. The van der Waals surface area contributed by atoms with Crippen LogP contribution in [0.25, 0.3) is 0 Å². The zero-order valence-electron chi connectivity index (χ0n) is 9.68. The van der Waals surface area contributed by atoms with Crippen molar-refractivity contribution in [1.29, 1.82) is 0 Å². The van der Waals surface area contributed by atoms with Gasteiger partial charge in [0.2, 0.25) is 0 Å². The Labute approximate surface area is 95.7 Å². The summed E-state index contributed by atoms with van der Waals surface area (Å²) in [5, 5.41) is 11.4. The third kappa shape index (κ3) is 3.46. The minimum absolute atomic E-state index is 0.105. The molecule has 0 aromatic heterocycles. The number of hydrogen-bond donors (Lipinski definition) is 2. The molecule has 1 aromatic carbocycles. The Bertz CT molecular complexity index is 347. The molecule has 0 fully saturated rings. The highest BCUT2D eigenvalue weighted by molar-refractivity contribution is 5.97. The average Bonchev–Trinajstić information content (AvgIpc) is 2.29. The van der Waals surface area contributed by atoms with Crippen LogP contribution in [0, 0.1) is 0 Å². The maximum atomic E-state index is 8.50.